The van der Waals surface area contributed by atoms with Gasteiger partial charge in [0.2, 0.25) is 5.91 Å². The number of hydrogen-bond acceptors (Lipinski definition) is 3. The van der Waals surface area contributed by atoms with Gasteiger partial charge in [-0.2, -0.15) is 0 Å². The normalized spacial score (nSPS) is 23.0. The molecular weight excluding hydrogens is 324 g/mol. The molecule has 0 aromatic heterocycles. The Morgan fingerprint density at radius 2 is 1.92 bits per heavy atom. The highest BCUT2D eigenvalue weighted by molar-refractivity contribution is 5.81. The molecule has 0 radical (unpaired) electrons. The van der Waals surface area contributed by atoms with Crippen LogP contribution in [0.1, 0.15) is 67.6 Å². The van der Waals surface area contributed by atoms with Gasteiger partial charge < -0.3 is 15.3 Å². The average molecular weight is 359 g/mol. The van der Waals surface area contributed by atoms with E-state index in [-0.39, 0.29) is 6.61 Å². The average Bonchev–Trinajstić information content (AvgIpc) is 3.51. The Morgan fingerprint density at radius 1 is 1.19 bits per heavy atom. The molecule has 26 heavy (non-hydrogen) atoms. The first-order chi connectivity index (χ1) is 12.6. The van der Waals surface area contributed by atoms with E-state index in [1.807, 2.05) is 19.0 Å². The lowest BCUT2D eigenvalue weighted by Crippen LogP contribution is -2.40. The third-order valence-corrected chi connectivity index (χ3v) is 6.16. The van der Waals surface area contributed by atoms with Crippen LogP contribution in [-0.4, -0.2) is 42.7 Å². The smallest absolute Gasteiger partial charge is 0.225 e. The molecule has 2 fully saturated rings. The lowest BCUT2D eigenvalue weighted by Gasteiger charge is -2.35. The number of nitrogens with zero attached hydrogens (tertiary/aromatic N) is 1. The van der Waals surface area contributed by atoms with Gasteiger partial charge in [-0.1, -0.05) is 18.2 Å². The maximum absolute atomic E-state index is 12.3. The summed E-state index contributed by atoms with van der Waals surface area (Å²) in [5, 5.41) is 12.4. The summed E-state index contributed by atoms with van der Waals surface area (Å²) < 4.78 is 0. The number of aliphatic hydroxyl groups excluding tert-OH is 1. The minimum absolute atomic E-state index is 0.250. The molecule has 0 spiro atoms. The van der Waals surface area contributed by atoms with Crippen LogP contribution in [0, 0.1) is 5.92 Å². The van der Waals surface area contributed by atoms with Gasteiger partial charge in [-0.15, -0.1) is 0 Å². The van der Waals surface area contributed by atoms with Crippen molar-refractivity contribution in [3.05, 3.63) is 34.9 Å². The Morgan fingerprint density at radius 3 is 2.54 bits per heavy atom. The highest BCUT2D eigenvalue weighted by atomic mass is 16.2. The number of hydrogen-bond donors (Lipinski definition) is 2. The third kappa shape index (κ3) is 4.66. The van der Waals surface area contributed by atoms with Gasteiger partial charge in [-0.3, -0.25) is 4.79 Å². The van der Waals surface area contributed by atoms with Gasteiger partial charge in [0.15, 0.2) is 0 Å². The van der Waals surface area contributed by atoms with E-state index < -0.39 is 0 Å². The van der Waals surface area contributed by atoms with Crippen molar-refractivity contribution in [3.63, 3.8) is 0 Å². The SMILES string of the molecule is CNCc1cc(CCCO)ccc1[C@H]1CC[C@H](N(C)C(=O)C2CC2)CC1. The number of carbonyl (C=O) groups is 1. The first kappa shape index (κ1) is 19.4. The third-order valence-electron chi connectivity index (χ3n) is 6.16. The van der Waals surface area contributed by atoms with E-state index >= 15 is 0 Å². The maximum atomic E-state index is 12.3. The second-order valence-corrected chi connectivity index (χ2v) is 8.12. The van der Waals surface area contributed by atoms with E-state index in [9.17, 15) is 4.79 Å². The van der Waals surface area contributed by atoms with Gasteiger partial charge in [-0.25, -0.2) is 0 Å². The monoisotopic (exact) mass is 358 g/mol. The fourth-order valence-corrected chi connectivity index (χ4v) is 4.41. The van der Waals surface area contributed by atoms with E-state index in [1.54, 1.807) is 0 Å². The minimum Gasteiger partial charge on any atom is -0.396 e. The standard InChI is InChI=1S/C22H34N2O2/c1-23-15-19-14-16(4-3-13-25)5-12-21(19)17-8-10-20(11-9-17)24(2)22(26)18-6-7-18/h5,12,14,17-18,20,23,25H,3-4,6-11,13,15H2,1-2H3/t17-,20-. The van der Waals surface area contributed by atoms with Gasteiger partial charge in [0.05, 0.1) is 0 Å². The quantitative estimate of drug-likeness (QED) is 0.750. The molecule has 2 N–H and O–H groups in total. The van der Waals surface area contributed by atoms with Crippen molar-refractivity contribution in [3.8, 4) is 0 Å². The molecule has 2 saturated carbocycles. The highest BCUT2D eigenvalue weighted by Crippen LogP contribution is 2.38. The summed E-state index contributed by atoms with van der Waals surface area (Å²) >= 11 is 0. The zero-order valence-corrected chi connectivity index (χ0v) is 16.3. The van der Waals surface area contributed by atoms with Crippen LogP contribution in [0.25, 0.3) is 0 Å². The van der Waals surface area contributed by atoms with Gasteiger partial charge in [0, 0.05) is 32.2 Å². The summed E-state index contributed by atoms with van der Waals surface area (Å²) in [4.78, 5) is 14.4. The van der Waals surface area contributed by atoms with Crippen molar-refractivity contribution >= 4 is 5.91 Å². The number of aliphatic hydroxyl groups is 1. The molecule has 2 aliphatic rings. The van der Waals surface area contributed by atoms with Crippen molar-refractivity contribution in [2.45, 2.75) is 69.9 Å². The van der Waals surface area contributed by atoms with Crippen LogP contribution in [0.5, 0.6) is 0 Å². The maximum Gasteiger partial charge on any atom is 0.225 e. The van der Waals surface area contributed by atoms with E-state index in [4.69, 9.17) is 5.11 Å². The zero-order chi connectivity index (χ0) is 18.5. The Kier molecular flexibility index (Phi) is 6.71. The molecule has 1 amide bonds. The number of benzene rings is 1. The molecule has 4 heteroatoms. The molecule has 0 aliphatic heterocycles. The van der Waals surface area contributed by atoms with E-state index in [0.717, 1.165) is 45.1 Å². The number of carbonyl (C=O) groups excluding carboxylic acids is 1. The Bertz CT molecular complexity index is 604. The minimum atomic E-state index is 0.250. The predicted octanol–water partition coefficient (Wildman–Crippen LogP) is 3.23. The van der Waals surface area contributed by atoms with Gasteiger partial charge >= 0.3 is 0 Å². The lowest BCUT2D eigenvalue weighted by atomic mass is 9.79. The second-order valence-electron chi connectivity index (χ2n) is 8.12. The van der Waals surface area contributed by atoms with Crippen molar-refractivity contribution in [1.29, 1.82) is 0 Å². The van der Waals surface area contributed by atoms with Crippen LogP contribution in [0.15, 0.2) is 18.2 Å². The van der Waals surface area contributed by atoms with Crippen LogP contribution < -0.4 is 5.32 Å². The van der Waals surface area contributed by atoms with Crippen molar-refractivity contribution in [1.82, 2.24) is 10.2 Å². The molecule has 0 atom stereocenters. The molecule has 0 saturated heterocycles. The molecule has 144 valence electrons. The van der Waals surface area contributed by atoms with Gasteiger partial charge in [0.25, 0.3) is 0 Å². The molecule has 0 unspecified atom stereocenters. The molecule has 2 aliphatic carbocycles. The molecular formula is C22H34N2O2. The number of aryl methyl sites for hydroxylation is 1. The number of rotatable bonds is 8. The summed E-state index contributed by atoms with van der Waals surface area (Å²) in [6, 6.07) is 7.29. The molecule has 1 aromatic carbocycles. The number of nitrogens with one attached hydrogen (secondary N) is 1. The van der Waals surface area contributed by atoms with E-state index in [2.05, 4.69) is 23.5 Å². The Labute approximate surface area is 158 Å². The van der Waals surface area contributed by atoms with Crippen molar-refractivity contribution in [2.75, 3.05) is 20.7 Å². The molecule has 0 heterocycles. The first-order valence-electron chi connectivity index (χ1n) is 10.3. The van der Waals surface area contributed by atoms with Crippen LogP contribution in [0.4, 0.5) is 0 Å². The van der Waals surface area contributed by atoms with Crippen LogP contribution in [0.2, 0.25) is 0 Å². The molecule has 1 aromatic rings. The topological polar surface area (TPSA) is 52.6 Å². The van der Waals surface area contributed by atoms with Gasteiger partial charge in [-0.05, 0) is 81.0 Å². The zero-order valence-electron chi connectivity index (χ0n) is 16.3. The Hall–Kier alpha value is -1.39. The fraction of sp³-hybridized carbons (Fsp3) is 0.682. The van der Waals surface area contributed by atoms with E-state index in [0.29, 0.717) is 23.8 Å². The Balaban J connectivity index is 1.63. The summed E-state index contributed by atoms with van der Waals surface area (Å²) in [7, 11) is 4.01. The van der Waals surface area contributed by atoms with Gasteiger partial charge in [0.1, 0.15) is 0 Å². The van der Waals surface area contributed by atoms with Crippen molar-refractivity contribution < 1.29 is 9.90 Å². The largest absolute Gasteiger partial charge is 0.396 e. The first-order valence-corrected chi connectivity index (χ1v) is 10.3. The summed E-state index contributed by atoms with van der Waals surface area (Å²) in [5.41, 5.74) is 4.19. The van der Waals surface area contributed by atoms with Crippen LogP contribution >= 0.6 is 0 Å². The highest BCUT2D eigenvalue weighted by Gasteiger charge is 2.36. The fourth-order valence-electron chi connectivity index (χ4n) is 4.41. The van der Waals surface area contributed by atoms with Crippen molar-refractivity contribution in [2.24, 2.45) is 5.92 Å². The molecule has 4 nitrogen and oxygen atoms in total. The van der Waals surface area contributed by atoms with Crippen LogP contribution in [0.3, 0.4) is 0 Å². The summed E-state index contributed by atoms with van der Waals surface area (Å²) in [5.74, 6) is 1.30. The van der Waals surface area contributed by atoms with Crippen LogP contribution in [-0.2, 0) is 17.8 Å². The second kappa shape index (κ2) is 9.01. The molecule has 0 bridgehead atoms. The summed E-state index contributed by atoms with van der Waals surface area (Å²) in [6.45, 7) is 1.14. The predicted molar refractivity (Wildman–Crippen MR) is 105 cm³/mol. The molecule has 3 rings (SSSR count). The summed E-state index contributed by atoms with van der Waals surface area (Å²) in [6.07, 6.45) is 8.51. The van der Waals surface area contributed by atoms with E-state index in [1.165, 1.54) is 29.5 Å². The lowest BCUT2D eigenvalue weighted by molar-refractivity contribution is -0.133. The number of amides is 1.